The topological polar surface area (TPSA) is 12.0 Å². The van der Waals surface area contributed by atoms with Gasteiger partial charge in [0.1, 0.15) is 0 Å². The molecule has 0 saturated carbocycles. The molecule has 0 spiro atoms. The lowest BCUT2D eigenvalue weighted by atomic mass is 10.00. The van der Waals surface area contributed by atoms with Crippen molar-refractivity contribution in [3.05, 3.63) is 33.8 Å². The average Bonchev–Trinajstić information content (AvgIpc) is 2.29. The van der Waals surface area contributed by atoms with Gasteiger partial charge in [-0.3, -0.25) is 0 Å². The number of nitrogens with one attached hydrogen (secondary N) is 1. The van der Waals surface area contributed by atoms with Crippen LogP contribution in [-0.2, 0) is 0 Å². The summed E-state index contributed by atoms with van der Waals surface area (Å²) in [6.07, 6.45) is 1.04. The molecule has 0 bridgehead atoms. The zero-order valence-electron chi connectivity index (χ0n) is 10.9. The predicted molar refractivity (Wildman–Crippen MR) is 76.9 cm³/mol. The standard InChI is InChI=1S/C14H21Cl2N/c1-5-14(17-10(4)9(2)3)11-6-7-12(15)13(16)8-11/h6-10,14,17H,5H2,1-4H3. The van der Waals surface area contributed by atoms with Gasteiger partial charge in [0.25, 0.3) is 0 Å². The van der Waals surface area contributed by atoms with Gasteiger partial charge in [0.05, 0.1) is 10.0 Å². The maximum atomic E-state index is 6.05. The zero-order chi connectivity index (χ0) is 13.0. The van der Waals surface area contributed by atoms with E-state index in [2.05, 4.69) is 33.0 Å². The van der Waals surface area contributed by atoms with Crippen molar-refractivity contribution in [3.8, 4) is 0 Å². The fourth-order valence-electron chi connectivity index (χ4n) is 1.69. The summed E-state index contributed by atoms with van der Waals surface area (Å²) in [4.78, 5) is 0. The van der Waals surface area contributed by atoms with Crippen LogP contribution in [0.4, 0.5) is 0 Å². The highest BCUT2D eigenvalue weighted by Crippen LogP contribution is 2.27. The van der Waals surface area contributed by atoms with Gasteiger partial charge in [-0.1, -0.05) is 50.0 Å². The fraction of sp³-hybridized carbons (Fsp3) is 0.571. The van der Waals surface area contributed by atoms with E-state index in [-0.39, 0.29) is 0 Å². The molecule has 0 aliphatic rings. The van der Waals surface area contributed by atoms with E-state index in [4.69, 9.17) is 23.2 Å². The maximum Gasteiger partial charge on any atom is 0.0595 e. The Hall–Kier alpha value is -0.240. The molecule has 0 aromatic heterocycles. The quantitative estimate of drug-likeness (QED) is 0.789. The molecule has 3 heteroatoms. The molecule has 0 aliphatic heterocycles. The molecule has 1 rings (SSSR count). The molecule has 1 aromatic rings. The van der Waals surface area contributed by atoms with Crippen LogP contribution in [0.1, 0.15) is 45.7 Å². The molecule has 0 heterocycles. The second-order valence-corrected chi connectivity index (χ2v) is 5.65. The first-order chi connectivity index (χ1) is 7.95. The molecule has 0 fully saturated rings. The highest BCUT2D eigenvalue weighted by molar-refractivity contribution is 6.42. The fourth-order valence-corrected chi connectivity index (χ4v) is 2.00. The van der Waals surface area contributed by atoms with Crippen molar-refractivity contribution in [2.75, 3.05) is 0 Å². The second-order valence-electron chi connectivity index (χ2n) is 4.83. The van der Waals surface area contributed by atoms with E-state index >= 15 is 0 Å². The molecular weight excluding hydrogens is 253 g/mol. The zero-order valence-corrected chi connectivity index (χ0v) is 12.4. The van der Waals surface area contributed by atoms with Crippen molar-refractivity contribution >= 4 is 23.2 Å². The average molecular weight is 274 g/mol. The summed E-state index contributed by atoms with van der Waals surface area (Å²) in [5.74, 6) is 0.617. The van der Waals surface area contributed by atoms with Crippen molar-refractivity contribution < 1.29 is 0 Å². The van der Waals surface area contributed by atoms with Crippen molar-refractivity contribution in [1.82, 2.24) is 5.32 Å². The molecule has 1 nitrogen and oxygen atoms in total. The van der Waals surface area contributed by atoms with Crippen LogP contribution in [0, 0.1) is 5.92 Å². The Balaban J connectivity index is 2.82. The Kier molecular flexibility index (Phi) is 5.78. The van der Waals surface area contributed by atoms with Crippen LogP contribution in [0.5, 0.6) is 0 Å². The molecule has 2 unspecified atom stereocenters. The molecule has 0 aliphatic carbocycles. The van der Waals surface area contributed by atoms with Crippen molar-refractivity contribution in [2.24, 2.45) is 5.92 Å². The SMILES string of the molecule is CCC(NC(C)C(C)C)c1ccc(Cl)c(Cl)c1. The molecule has 1 aromatic carbocycles. The highest BCUT2D eigenvalue weighted by atomic mass is 35.5. The summed E-state index contributed by atoms with van der Waals surface area (Å²) in [7, 11) is 0. The minimum absolute atomic E-state index is 0.335. The molecule has 96 valence electrons. The number of hydrogen-bond donors (Lipinski definition) is 1. The monoisotopic (exact) mass is 273 g/mol. The Bertz CT molecular complexity index is 363. The van der Waals surface area contributed by atoms with Crippen LogP contribution >= 0.6 is 23.2 Å². The largest absolute Gasteiger partial charge is 0.307 e. The number of benzene rings is 1. The van der Waals surface area contributed by atoms with E-state index in [1.54, 1.807) is 0 Å². The van der Waals surface area contributed by atoms with E-state index in [0.29, 0.717) is 28.0 Å². The molecular formula is C14H21Cl2N. The van der Waals surface area contributed by atoms with Gasteiger partial charge in [0, 0.05) is 12.1 Å². The predicted octanol–water partition coefficient (Wildman–Crippen LogP) is 5.08. The highest BCUT2D eigenvalue weighted by Gasteiger charge is 2.15. The minimum Gasteiger partial charge on any atom is -0.307 e. The Morgan fingerprint density at radius 2 is 1.76 bits per heavy atom. The lowest BCUT2D eigenvalue weighted by Crippen LogP contribution is -2.34. The first kappa shape index (κ1) is 14.8. The van der Waals surface area contributed by atoms with Gasteiger partial charge < -0.3 is 5.32 Å². The maximum absolute atomic E-state index is 6.05. The number of hydrogen-bond acceptors (Lipinski definition) is 1. The van der Waals surface area contributed by atoms with E-state index in [1.165, 1.54) is 5.56 Å². The smallest absolute Gasteiger partial charge is 0.0595 e. The second kappa shape index (κ2) is 6.63. The normalized spacial score (nSPS) is 15.0. The van der Waals surface area contributed by atoms with Gasteiger partial charge in [-0.2, -0.15) is 0 Å². The van der Waals surface area contributed by atoms with Crippen LogP contribution in [0.15, 0.2) is 18.2 Å². The van der Waals surface area contributed by atoms with E-state index in [9.17, 15) is 0 Å². The van der Waals surface area contributed by atoms with Crippen LogP contribution in [0.25, 0.3) is 0 Å². The third kappa shape index (κ3) is 4.17. The third-order valence-electron chi connectivity index (χ3n) is 3.22. The van der Waals surface area contributed by atoms with E-state index < -0.39 is 0 Å². The van der Waals surface area contributed by atoms with Crippen LogP contribution in [0.3, 0.4) is 0 Å². The van der Waals surface area contributed by atoms with Crippen LogP contribution in [-0.4, -0.2) is 6.04 Å². The summed E-state index contributed by atoms with van der Waals surface area (Å²) in [5.41, 5.74) is 1.20. The summed E-state index contributed by atoms with van der Waals surface area (Å²) in [5, 5.41) is 4.87. The number of rotatable bonds is 5. The van der Waals surface area contributed by atoms with Gasteiger partial charge in [-0.05, 0) is 37.0 Å². The van der Waals surface area contributed by atoms with Gasteiger partial charge in [-0.15, -0.1) is 0 Å². The Morgan fingerprint density at radius 1 is 1.12 bits per heavy atom. The van der Waals surface area contributed by atoms with E-state index in [0.717, 1.165) is 6.42 Å². The lowest BCUT2D eigenvalue weighted by Gasteiger charge is -2.25. The van der Waals surface area contributed by atoms with Gasteiger partial charge in [0.15, 0.2) is 0 Å². The number of halogens is 2. The van der Waals surface area contributed by atoms with Crippen molar-refractivity contribution in [2.45, 2.75) is 46.2 Å². The molecule has 1 N–H and O–H groups in total. The summed E-state index contributed by atoms with van der Waals surface area (Å²) in [6.45, 7) is 8.83. The first-order valence-electron chi connectivity index (χ1n) is 6.16. The van der Waals surface area contributed by atoms with Gasteiger partial charge in [-0.25, -0.2) is 0 Å². The molecule has 17 heavy (non-hydrogen) atoms. The summed E-state index contributed by atoms with van der Waals surface area (Å²) in [6, 6.07) is 6.68. The molecule has 0 amide bonds. The molecule has 2 atom stereocenters. The molecule has 0 radical (unpaired) electrons. The Morgan fingerprint density at radius 3 is 2.24 bits per heavy atom. The van der Waals surface area contributed by atoms with Crippen molar-refractivity contribution in [1.29, 1.82) is 0 Å². The lowest BCUT2D eigenvalue weighted by molar-refractivity contribution is 0.370. The Labute approximate surface area is 115 Å². The minimum atomic E-state index is 0.335. The van der Waals surface area contributed by atoms with Crippen LogP contribution in [0.2, 0.25) is 10.0 Å². The van der Waals surface area contributed by atoms with Crippen LogP contribution < -0.4 is 5.32 Å². The van der Waals surface area contributed by atoms with Gasteiger partial charge >= 0.3 is 0 Å². The third-order valence-corrected chi connectivity index (χ3v) is 3.96. The summed E-state index contributed by atoms with van der Waals surface area (Å²) >= 11 is 12.0. The summed E-state index contributed by atoms with van der Waals surface area (Å²) < 4.78 is 0. The van der Waals surface area contributed by atoms with E-state index in [1.807, 2.05) is 18.2 Å². The van der Waals surface area contributed by atoms with Crippen molar-refractivity contribution in [3.63, 3.8) is 0 Å². The molecule has 0 saturated heterocycles. The first-order valence-corrected chi connectivity index (χ1v) is 6.92. The van der Waals surface area contributed by atoms with Gasteiger partial charge in [0.2, 0.25) is 0 Å².